The van der Waals surface area contributed by atoms with Gasteiger partial charge in [0.2, 0.25) is 17.7 Å². The van der Waals surface area contributed by atoms with Crippen LogP contribution in [-0.2, 0) is 14.4 Å². The monoisotopic (exact) mass is 321 g/mol. The number of nitrogens with one attached hydrogen (secondary N) is 1. The first-order chi connectivity index (χ1) is 10.6. The minimum Gasteiger partial charge on any atom is -0.309 e. The zero-order valence-corrected chi connectivity index (χ0v) is 12.7. The number of hydrogen-bond donors (Lipinski definition) is 1. The van der Waals surface area contributed by atoms with E-state index in [0.29, 0.717) is 10.8 Å². The van der Waals surface area contributed by atoms with Gasteiger partial charge in [-0.3, -0.25) is 19.3 Å². The maximum Gasteiger partial charge on any atom is 0.245 e. The van der Waals surface area contributed by atoms with Crippen molar-refractivity contribution in [1.29, 1.82) is 0 Å². The van der Waals surface area contributed by atoms with Crippen LogP contribution in [0.5, 0.6) is 0 Å². The zero-order chi connectivity index (χ0) is 15.7. The summed E-state index contributed by atoms with van der Waals surface area (Å²) in [6.45, 7) is -0.255. The molecule has 3 amide bonds. The summed E-state index contributed by atoms with van der Waals surface area (Å²) in [6, 6.07) is 3.17. The lowest BCUT2D eigenvalue weighted by molar-refractivity contribution is -0.142. The molecular formula is C15H16ClN3O3. The van der Waals surface area contributed by atoms with Crippen molar-refractivity contribution in [2.45, 2.75) is 25.7 Å². The molecule has 2 atom stereocenters. The number of hydrogen-bond acceptors (Lipinski definition) is 4. The summed E-state index contributed by atoms with van der Waals surface area (Å²) in [7, 11) is 0. The van der Waals surface area contributed by atoms with Crippen molar-refractivity contribution in [3.05, 3.63) is 23.4 Å². The first kappa shape index (κ1) is 15.0. The molecule has 1 aromatic rings. The molecule has 1 N–H and O–H groups in total. The molecule has 1 aromatic heterocycles. The molecule has 0 aromatic carbocycles. The first-order valence-electron chi connectivity index (χ1n) is 7.33. The van der Waals surface area contributed by atoms with Gasteiger partial charge in [-0.1, -0.05) is 24.4 Å². The van der Waals surface area contributed by atoms with Gasteiger partial charge in [0.15, 0.2) is 0 Å². The highest BCUT2D eigenvalue weighted by atomic mass is 35.5. The topological polar surface area (TPSA) is 79.4 Å². The summed E-state index contributed by atoms with van der Waals surface area (Å²) in [5.74, 6) is -0.991. The predicted molar refractivity (Wildman–Crippen MR) is 80.0 cm³/mol. The van der Waals surface area contributed by atoms with E-state index in [1.807, 2.05) is 0 Å². The Hall–Kier alpha value is -1.95. The number of nitrogens with zero attached hydrogens (tertiary/aromatic N) is 2. The molecule has 1 aliphatic carbocycles. The van der Waals surface area contributed by atoms with E-state index in [1.54, 1.807) is 12.1 Å². The van der Waals surface area contributed by atoms with Crippen molar-refractivity contribution in [1.82, 2.24) is 9.88 Å². The van der Waals surface area contributed by atoms with E-state index in [2.05, 4.69) is 10.3 Å². The van der Waals surface area contributed by atoms with Crippen molar-refractivity contribution < 1.29 is 14.4 Å². The number of halogens is 1. The highest BCUT2D eigenvalue weighted by Gasteiger charge is 2.48. The number of imide groups is 1. The van der Waals surface area contributed by atoms with Gasteiger partial charge in [-0.2, -0.15) is 0 Å². The fourth-order valence-corrected chi connectivity index (χ4v) is 3.27. The van der Waals surface area contributed by atoms with Crippen LogP contribution in [0.1, 0.15) is 25.7 Å². The summed E-state index contributed by atoms with van der Waals surface area (Å²) in [6.07, 6.45) is 4.83. The quantitative estimate of drug-likeness (QED) is 0.862. The van der Waals surface area contributed by atoms with Crippen LogP contribution in [-0.4, -0.2) is 34.2 Å². The van der Waals surface area contributed by atoms with Crippen LogP contribution in [0, 0.1) is 11.8 Å². The number of fused-ring (bicyclic) bond motifs is 1. The van der Waals surface area contributed by atoms with Crippen LogP contribution in [0.3, 0.4) is 0 Å². The number of anilines is 1. The molecular weight excluding hydrogens is 306 g/mol. The van der Waals surface area contributed by atoms with E-state index in [1.165, 1.54) is 6.20 Å². The normalized spacial score (nSPS) is 24.3. The van der Waals surface area contributed by atoms with E-state index in [4.69, 9.17) is 11.6 Å². The Kier molecular flexibility index (Phi) is 4.11. The molecule has 1 saturated carbocycles. The smallest absolute Gasteiger partial charge is 0.245 e. The average molecular weight is 322 g/mol. The minimum atomic E-state index is -0.435. The Labute approximate surface area is 132 Å². The van der Waals surface area contributed by atoms with Gasteiger partial charge in [-0.05, 0) is 25.0 Å². The van der Waals surface area contributed by atoms with Crippen LogP contribution in [0.25, 0.3) is 0 Å². The molecule has 2 aliphatic rings. The lowest BCUT2D eigenvalue weighted by Crippen LogP contribution is -2.38. The van der Waals surface area contributed by atoms with E-state index in [-0.39, 0.29) is 30.2 Å². The fourth-order valence-electron chi connectivity index (χ4n) is 3.16. The van der Waals surface area contributed by atoms with Crippen LogP contribution in [0.15, 0.2) is 18.3 Å². The van der Waals surface area contributed by atoms with Gasteiger partial charge < -0.3 is 5.32 Å². The third-order valence-corrected chi connectivity index (χ3v) is 4.45. The molecule has 7 heteroatoms. The summed E-state index contributed by atoms with van der Waals surface area (Å²) in [5, 5.41) is 3.03. The standard InChI is InChI=1S/C15H16ClN3O3/c16-9-5-6-12(17-7-9)18-13(20)8-19-14(21)10-3-1-2-4-11(10)15(19)22/h5-7,10-11H,1-4,8H2,(H,17,18,20). The van der Waals surface area contributed by atoms with Gasteiger partial charge in [0, 0.05) is 6.20 Å². The molecule has 0 spiro atoms. The fraction of sp³-hybridized carbons (Fsp3) is 0.467. The van der Waals surface area contributed by atoms with Gasteiger partial charge in [0.05, 0.1) is 16.9 Å². The number of rotatable bonds is 3. The van der Waals surface area contributed by atoms with Crippen molar-refractivity contribution in [3.8, 4) is 0 Å². The summed E-state index contributed by atoms with van der Waals surface area (Å²) in [4.78, 5) is 41.6. The van der Waals surface area contributed by atoms with Crippen molar-refractivity contribution in [3.63, 3.8) is 0 Å². The van der Waals surface area contributed by atoms with Crippen LogP contribution < -0.4 is 5.32 Å². The molecule has 0 radical (unpaired) electrons. The maximum atomic E-state index is 12.3. The molecule has 2 heterocycles. The Morgan fingerprint density at radius 2 is 1.86 bits per heavy atom. The first-order valence-corrected chi connectivity index (χ1v) is 7.70. The highest BCUT2D eigenvalue weighted by Crippen LogP contribution is 2.37. The third-order valence-electron chi connectivity index (χ3n) is 4.23. The third kappa shape index (κ3) is 2.83. The molecule has 2 fully saturated rings. The largest absolute Gasteiger partial charge is 0.309 e. The SMILES string of the molecule is O=C(CN1C(=O)C2CCCCC2C1=O)Nc1ccc(Cl)cn1. The lowest BCUT2D eigenvalue weighted by Gasteiger charge is -2.19. The van der Waals surface area contributed by atoms with Crippen LogP contribution in [0.2, 0.25) is 5.02 Å². The number of carbonyl (C=O) groups excluding carboxylic acids is 3. The predicted octanol–water partition coefficient (Wildman–Crippen LogP) is 1.85. The van der Waals surface area contributed by atoms with E-state index in [0.717, 1.165) is 30.6 Å². The molecule has 116 valence electrons. The zero-order valence-electron chi connectivity index (χ0n) is 11.9. The average Bonchev–Trinajstić information content (AvgIpc) is 2.75. The Morgan fingerprint density at radius 1 is 1.23 bits per heavy atom. The Balaban J connectivity index is 1.64. The second kappa shape index (κ2) is 6.04. The number of aromatic nitrogens is 1. The van der Waals surface area contributed by atoms with Gasteiger partial charge in [0.1, 0.15) is 12.4 Å². The molecule has 0 bridgehead atoms. The van der Waals surface area contributed by atoms with Gasteiger partial charge in [-0.25, -0.2) is 4.98 Å². The molecule has 1 saturated heterocycles. The Morgan fingerprint density at radius 3 is 2.41 bits per heavy atom. The van der Waals surface area contributed by atoms with Crippen molar-refractivity contribution in [2.75, 3.05) is 11.9 Å². The molecule has 6 nitrogen and oxygen atoms in total. The van der Waals surface area contributed by atoms with E-state index < -0.39 is 5.91 Å². The molecule has 22 heavy (non-hydrogen) atoms. The van der Waals surface area contributed by atoms with E-state index >= 15 is 0 Å². The maximum absolute atomic E-state index is 12.3. The van der Waals surface area contributed by atoms with Crippen LogP contribution >= 0.6 is 11.6 Å². The number of carbonyl (C=O) groups is 3. The molecule has 2 unspecified atom stereocenters. The van der Waals surface area contributed by atoms with E-state index in [9.17, 15) is 14.4 Å². The van der Waals surface area contributed by atoms with Gasteiger partial charge >= 0.3 is 0 Å². The second-order valence-electron chi connectivity index (χ2n) is 5.67. The summed E-state index contributed by atoms with van der Waals surface area (Å²) < 4.78 is 0. The number of likely N-dealkylation sites (tertiary alicyclic amines) is 1. The number of pyridine rings is 1. The van der Waals surface area contributed by atoms with Gasteiger partial charge in [0.25, 0.3) is 0 Å². The van der Waals surface area contributed by atoms with Crippen molar-refractivity contribution in [2.24, 2.45) is 11.8 Å². The van der Waals surface area contributed by atoms with Crippen LogP contribution in [0.4, 0.5) is 5.82 Å². The minimum absolute atomic E-state index is 0.214. The molecule has 3 rings (SSSR count). The lowest BCUT2D eigenvalue weighted by atomic mass is 9.81. The summed E-state index contributed by atoms with van der Waals surface area (Å²) >= 11 is 5.72. The Bertz CT molecular complexity index is 593. The molecule has 1 aliphatic heterocycles. The van der Waals surface area contributed by atoms with Crippen molar-refractivity contribution >= 4 is 35.1 Å². The number of amides is 3. The summed E-state index contributed by atoms with van der Waals surface area (Å²) in [5.41, 5.74) is 0. The van der Waals surface area contributed by atoms with Gasteiger partial charge in [-0.15, -0.1) is 0 Å². The second-order valence-corrected chi connectivity index (χ2v) is 6.11. The highest BCUT2D eigenvalue weighted by molar-refractivity contribution is 6.30.